The fraction of sp³-hybridized carbons (Fsp3) is 0.273. The molecule has 0 fully saturated rings. The van der Waals surface area contributed by atoms with Gasteiger partial charge in [-0.15, -0.1) is 22.7 Å². The van der Waals surface area contributed by atoms with Crippen LogP contribution < -0.4 is 15.4 Å². The molecule has 1 aliphatic rings. The number of carbonyl (C=O) groups is 2. The van der Waals surface area contributed by atoms with Gasteiger partial charge in [-0.05, 0) is 41.4 Å². The Labute approximate surface area is 183 Å². The second kappa shape index (κ2) is 9.42. The summed E-state index contributed by atoms with van der Waals surface area (Å²) in [6.45, 7) is 1.86. The molecule has 3 heterocycles. The van der Waals surface area contributed by atoms with Gasteiger partial charge in [0.1, 0.15) is 5.75 Å². The van der Waals surface area contributed by atoms with E-state index in [1.54, 1.807) is 33.6 Å². The van der Waals surface area contributed by atoms with Gasteiger partial charge in [-0.2, -0.15) is 0 Å². The maximum atomic E-state index is 13.3. The van der Waals surface area contributed by atoms with E-state index in [9.17, 15) is 9.59 Å². The molecule has 2 N–H and O–H groups in total. The molecular weight excluding hydrogens is 418 g/mol. The first-order valence-corrected chi connectivity index (χ1v) is 11.5. The van der Waals surface area contributed by atoms with Gasteiger partial charge in [0.25, 0.3) is 5.91 Å². The molecule has 1 atom stereocenters. The molecule has 0 radical (unpaired) electrons. The zero-order chi connectivity index (χ0) is 20.9. The molecule has 1 unspecified atom stereocenters. The minimum atomic E-state index is -0.847. The number of ether oxygens (including phenoxy) is 1. The summed E-state index contributed by atoms with van der Waals surface area (Å²) in [7, 11) is 0. The molecule has 1 aromatic carbocycles. The highest BCUT2D eigenvalue weighted by Crippen LogP contribution is 2.33. The van der Waals surface area contributed by atoms with E-state index >= 15 is 0 Å². The molecular formula is C22H23N3O3S2. The summed E-state index contributed by atoms with van der Waals surface area (Å²) < 4.78 is 5.68. The first-order valence-electron chi connectivity index (χ1n) is 9.72. The number of fused-ring (bicyclic) bond motifs is 1. The van der Waals surface area contributed by atoms with Crippen LogP contribution in [0.25, 0.3) is 0 Å². The zero-order valence-corrected chi connectivity index (χ0v) is 18.0. The predicted molar refractivity (Wildman–Crippen MR) is 120 cm³/mol. The summed E-state index contributed by atoms with van der Waals surface area (Å²) in [5.41, 5.74) is 6.15. The van der Waals surface area contributed by atoms with Gasteiger partial charge in [0.2, 0.25) is 5.91 Å². The number of amides is 2. The largest absolute Gasteiger partial charge is 0.477 e. The normalized spacial score (nSPS) is 15.6. The number of nitrogens with two attached hydrogens (primary N) is 1. The van der Waals surface area contributed by atoms with E-state index in [0.717, 1.165) is 13.0 Å². The molecule has 6 nitrogen and oxygen atoms in total. The number of hydrogen-bond acceptors (Lipinski definition) is 6. The lowest BCUT2D eigenvalue weighted by Gasteiger charge is -2.34. The fourth-order valence-corrected chi connectivity index (χ4v) is 4.90. The van der Waals surface area contributed by atoms with Crippen LogP contribution in [0.1, 0.15) is 9.75 Å². The first-order chi connectivity index (χ1) is 14.6. The van der Waals surface area contributed by atoms with Gasteiger partial charge >= 0.3 is 0 Å². The Morgan fingerprint density at radius 3 is 2.50 bits per heavy atom. The molecule has 30 heavy (non-hydrogen) atoms. The van der Waals surface area contributed by atoms with Gasteiger partial charge in [-0.25, -0.2) is 0 Å². The molecule has 0 saturated heterocycles. The second-order valence-corrected chi connectivity index (χ2v) is 9.16. The summed E-state index contributed by atoms with van der Waals surface area (Å²) in [5, 5.41) is 4.11. The monoisotopic (exact) mass is 441 g/mol. The third-order valence-electron chi connectivity index (χ3n) is 4.97. The molecule has 156 valence electrons. The van der Waals surface area contributed by atoms with Crippen molar-refractivity contribution in [3.63, 3.8) is 0 Å². The van der Waals surface area contributed by atoms with E-state index in [0.29, 0.717) is 18.0 Å². The van der Waals surface area contributed by atoms with Gasteiger partial charge in [-0.3, -0.25) is 14.5 Å². The Morgan fingerprint density at radius 2 is 1.80 bits per heavy atom. The number of para-hydroxylation sites is 2. The molecule has 1 aliphatic heterocycles. The average Bonchev–Trinajstić information content (AvgIpc) is 3.45. The van der Waals surface area contributed by atoms with E-state index in [1.807, 2.05) is 35.7 Å². The third-order valence-corrected chi connectivity index (χ3v) is 6.76. The van der Waals surface area contributed by atoms with Crippen molar-refractivity contribution in [1.82, 2.24) is 4.90 Å². The standard InChI is InChI=1S/C22H23N3O3S2/c23-22(27)20-14-25(18-7-1-2-8-19(18)28-20)21(26)15-24(13-17-6-4-12-30-17)10-9-16-5-3-11-29-16/h1-8,11-12,20H,9-10,13-15H2,(H2,23,27). The molecule has 2 amide bonds. The number of rotatable bonds is 8. The minimum absolute atomic E-state index is 0.0697. The van der Waals surface area contributed by atoms with Gasteiger partial charge in [-0.1, -0.05) is 24.3 Å². The lowest BCUT2D eigenvalue weighted by Crippen LogP contribution is -2.51. The van der Waals surface area contributed by atoms with Crippen LogP contribution in [-0.4, -0.2) is 42.5 Å². The number of benzene rings is 1. The molecule has 4 rings (SSSR count). The van der Waals surface area contributed by atoms with Crippen LogP contribution in [0.4, 0.5) is 5.69 Å². The summed E-state index contributed by atoms with van der Waals surface area (Å²) in [6, 6.07) is 15.5. The van der Waals surface area contributed by atoms with Crippen LogP contribution in [0.3, 0.4) is 0 Å². The van der Waals surface area contributed by atoms with E-state index in [4.69, 9.17) is 10.5 Å². The molecule has 0 saturated carbocycles. The van der Waals surface area contributed by atoms with Gasteiger partial charge in [0.15, 0.2) is 6.10 Å². The lowest BCUT2D eigenvalue weighted by molar-refractivity contribution is -0.125. The van der Waals surface area contributed by atoms with Crippen LogP contribution in [0.2, 0.25) is 0 Å². The van der Waals surface area contributed by atoms with E-state index in [2.05, 4.69) is 22.4 Å². The number of nitrogens with zero attached hydrogens (tertiary/aromatic N) is 2. The van der Waals surface area contributed by atoms with Crippen LogP contribution in [0, 0.1) is 0 Å². The molecule has 8 heteroatoms. The van der Waals surface area contributed by atoms with Crippen molar-refractivity contribution in [2.75, 3.05) is 24.5 Å². The summed E-state index contributed by atoms with van der Waals surface area (Å²) in [4.78, 5) is 31.4. The Balaban J connectivity index is 1.51. The van der Waals surface area contributed by atoms with Crippen LogP contribution in [0.5, 0.6) is 5.75 Å². The Morgan fingerprint density at radius 1 is 1.07 bits per heavy atom. The molecule has 3 aromatic rings. The summed E-state index contributed by atoms with van der Waals surface area (Å²) in [6.07, 6.45) is 0.0423. The number of thiophene rings is 2. The average molecular weight is 442 g/mol. The highest BCUT2D eigenvalue weighted by Gasteiger charge is 2.33. The van der Waals surface area contributed by atoms with Gasteiger partial charge in [0, 0.05) is 22.8 Å². The van der Waals surface area contributed by atoms with E-state index in [-0.39, 0.29) is 19.0 Å². The number of primary amides is 1. The topological polar surface area (TPSA) is 75.9 Å². The van der Waals surface area contributed by atoms with E-state index in [1.165, 1.54) is 9.75 Å². The highest BCUT2D eigenvalue weighted by molar-refractivity contribution is 7.10. The zero-order valence-electron chi connectivity index (χ0n) is 16.4. The van der Waals surface area contributed by atoms with Crippen molar-refractivity contribution in [3.05, 3.63) is 69.0 Å². The Bertz CT molecular complexity index is 989. The van der Waals surface area contributed by atoms with Crippen molar-refractivity contribution < 1.29 is 14.3 Å². The number of carbonyl (C=O) groups excluding carboxylic acids is 2. The van der Waals surface area contributed by atoms with Crippen molar-refractivity contribution >= 4 is 40.2 Å². The highest BCUT2D eigenvalue weighted by atomic mass is 32.1. The van der Waals surface area contributed by atoms with Crippen LogP contribution in [-0.2, 0) is 22.6 Å². The summed E-state index contributed by atoms with van der Waals surface area (Å²) >= 11 is 3.41. The molecule has 0 spiro atoms. The third kappa shape index (κ3) is 4.89. The quantitative estimate of drug-likeness (QED) is 0.583. The maximum absolute atomic E-state index is 13.3. The minimum Gasteiger partial charge on any atom is -0.477 e. The summed E-state index contributed by atoms with van der Waals surface area (Å²) in [5.74, 6) is -0.139. The Hall–Kier alpha value is -2.68. The van der Waals surface area contributed by atoms with Crippen molar-refractivity contribution in [3.8, 4) is 5.75 Å². The Kier molecular flexibility index (Phi) is 6.47. The van der Waals surface area contributed by atoms with Crippen molar-refractivity contribution in [2.45, 2.75) is 19.1 Å². The lowest BCUT2D eigenvalue weighted by atomic mass is 10.1. The van der Waals surface area contributed by atoms with E-state index < -0.39 is 12.0 Å². The van der Waals surface area contributed by atoms with Crippen LogP contribution in [0.15, 0.2) is 59.3 Å². The maximum Gasteiger partial charge on any atom is 0.260 e. The number of anilines is 1. The SMILES string of the molecule is NC(=O)C1CN(C(=O)CN(CCc2cccs2)Cc2cccs2)c2ccccc2O1. The van der Waals surface area contributed by atoms with Crippen LogP contribution >= 0.6 is 22.7 Å². The molecule has 0 bridgehead atoms. The molecule has 0 aliphatic carbocycles. The smallest absolute Gasteiger partial charge is 0.260 e. The van der Waals surface area contributed by atoms with Gasteiger partial charge < -0.3 is 15.4 Å². The van der Waals surface area contributed by atoms with Gasteiger partial charge in [0.05, 0.1) is 18.8 Å². The molecule has 2 aromatic heterocycles. The second-order valence-electron chi connectivity index (χ2n) is 7.10. The number of hydrogen-bond donors (Lipinski definition) is 1. The van der Waals surface area contributed by atoms with Crippen molar-refractivity contribution in [2.24, 2.45) is 5.73 Å². The predicted octanol–water partition coefficient (Wildman–Crippen LogP) is 3.13. The fourth-order valence-electron chi connectivity index (χ4n) is 3.46. The van der Waals surface area contributed by atoms with Crippen molar-refractivity contribution in [1.29, 1.82) is 0 Å². The first kappa shape index (κ1) is 20.6.